The molecule has 1 amide bonds. The van der Waals surface area contributed by atoms with Crippen LogP contribution in [0.2, 0.25) is 0 Å². The molecular weight excluding hydrogens is 673 g/mol. The van der Waals surface area contributed by atoms with Crippen LogP contribution >= 0.6 is 0 Å². The number of hydrogen-bond donors (Lipinski definition) is 3. The molecule has 298 valence electrons. The molecule has 4 fully saturated rings. The van der Waals surface area contributed by atoms with Gasteiger partial charge in [-0.15, -0.1) is 0 Å². The van der Waals surface area contributed by atoms with Gasteiger partial charge in [-0.1, -0.05) is 74.0 Å². The number of hydrogen-bond acceptors (Lipinski definition) is 7. The predicted octanol–water partition coefficient (Wildman–Crippen LogP) is 7.13. The number of likely N-dealkylation sites (N-methyl/N-ethyl adjacent to an activating group) is 1. The third-order valence-corrected chi connectivity index (χ3v) is 17.0. The average molecular weight is 742 g/mol. The number of carbonyl (C=O) groups excluding carboxylic acids is 1. The maximum Gasteiger partial charge on any atom is 0.307 e. The molecule has 0 aromatic carbocycles. The number of carbonyl (C=O) groups is 2. The second-order valence-corrected chi connectivity index (χ2v) is 19.6. The van der Waals surface area contributed by atoms with E-state index in [9.17, 15) is 19.1 Å². The lowest BCUT2D eigenvalue weighted by Crippen LogP contribution is -2.69. The van der Waals surface area contributed by atoms with Crippen LogP contribution in [0.1, 0.15) is 124 Å². The first-order valence-corrected chi connectivity index (χ1v) is 20.4. The molecule has 0 unspecified atom stereocenters. The van der Waals surface area contributed by atoms with E-state index in [2.05, 4.69) is 90.9 Å². The van der Waals surface area contributed by atoms with Gasteiger partial charge < -0.3 is 25.2 Å². The number of aliphatic carboxylic acids is 1. The van der Waals surface area contributed by atoms with Gasteiger partial charge >= 0.3 is 5.97 Å². The quantitative estimate of drug-likeness (QED) is 0.193. The van der Waals surface area contributed by atoms with Gasteiger partial charge in [0.1, 0.15) is 13.0 Å². The summed E-state index contributed by atoms with van der Waals surface area (Å²) in [6.07, 6.45) is 8.75. The molecule has 0 spiro atoms. The molecule has 1 aromatic rings. The number of fused-ring (bicyclic) bond motifs is 3. The van der Waals surface area contributed by atoms with Crippen molar-refractivity contribution in [1.82, 2.24) is 25.4 Å². The lowest BCUT2D eigenvalue weighted by atomic mass is 9.34. The molecule has 1 aliphatic heterocycles. The third kappa shape index (κ3) is 5.86. The van der Waals surface area contributed by atoms with Crippen molar-refractivity contribution in [3.05, 3.63) is 23.8 Å². The SMILES string of the molecule is CN[C@@](C)(CO[C@H]1[C@H](n2ncnc2C(=O)NCCF)C[C@@]23COC[C@]1(C)[C@@H]2CC[C@H]1C3=CC[C@@]2(C)[C@H](C(=O)O)[C@@](C)([C@H](C)C(C)C)CC[C@]12C)C(C)C. The molecule has 2 heterocycles. The van der Waals surface area contributed by atoms with Crippen LogP contribution < -0.4 is 10.6 Å². The van der Waals surface area contributed by atoms with Crippen molar-refractivity contribution in [2.24, 2.45) is 62.6 Å². The van der Waals surface area contributed by atoms with Crippen molar-refractivity contribution < 1.29 is 28.6 Å². The van der Waals surface area contributed by atoms with Gasteiger partial charge in [0.2, 0.25) is 5.82 Å². The van der Waals surface area contributed by atoms with E-state index in [-0.39, 0.29) is 64.1 Å². The molecule has 53 heavy (non-hydrogen) atoms. The Morgan fingerprint density at radius 2 is 1.83 bits per heavy atom. The van der Waals surface area contributed by atoms with E-state index < -0.39 is 35.3 Å². The number of halogens is 1. The zero-order chi connectivity index (χ0) is 38.9. The molecule has 5 aliphatic rings. The van der Waals surface area contributed by atoms with Gasteiger partial charge in [0.25, 0.3) is 5.91 Å². The first-order valence-electron chi connectivity index (χ1n) is 20.4. The molecule has 6 rings (SSSR count). The minimum atomic E-state index is -0.668. The van der Waals surface area contributed by atoms with Gasteiger partial charge in [0, 0.05) is 22.9 Å². The van der Waals surface area contributed by atoms with Crippen molar-refractivity contribution >= 4 is 11.9 Å². The zero-order valence-corrected chi connectivity index (χ0v) is 34.4. The molecule has 11 heteroatoms. The summed E-state index contributed by atoms with van der Waals surface area (Å²) < 4.78 is 28.8. The minimum absolute atomic E-state index is 0.0962. The number of nitrogens with one attached hydrogen (secondary N) is 2. The maximum absolute atomic E-state index is 13.5. The van der Waals surface area contributed by atoms with Crippen LogP contribution in [0.3, 0.4) is 0 Å². The van der Waals surface area contributed by atoms with Gasteiger partial charge in [-0.25, -0.2) is 14.1 Å². The van der Waals surface area contributed by atoms with Gasteiger partial charge in [0.15, 0.2) is 0 Å². The van der Waals surface area contributed by atoms with E-state index in [0.717, 1.165) is 25.7 Å². The van der Waals surface area contributed by atoms with E-state index in [1.165, 1.54) is 11.9 Å². The van der Waals surface area contributed by atoms with Crippen LogP contribution in [0.25, 0.3) is 0 Å². The van der Waals surface area contributed by atoms with Gasteiger partial charge in [-0.2, -0.15) is 5.10 Å². The number of amides is 1. The average Bonchev–Trinajstić information content (AvgIpc) is 3.59. The Balaban J connectivity index is 1.47. The normalized spacial score (nSPS) is 41.1. The third-order valence-electron chi connectivity index (χ3n) is 17.0. The van der Waals surface area contributed by atoms with Crippen LogP contribution in [-0.2, 0) is 14.3 Å². The topological polar surface area (TPSA) is 128 Å². The van der Waals surface area contributed by atoms with Crippen LogP contribution in [0.5, 0.6) is 0 Å². The fourth-order valence-corrected chi connectivity index (χ4v) is 12.8. The van der Waals surface area contributed by atoms with Gasteiger partial charge in [0.05, 0.1) is 37.9 Å². The summed E-state index contributed by atoms with van der Waals surface area (Å²) in [7, 11) is 1.97. The largest absolute Gasteiger partial charge is 0.481 e. The highest BCUT2D eigenvalue weighted by Crippen LogP contribution is 2.75. The van der Waals surface area contributed by atoms with E-state index in [1.54, 1.807) is 4.68 Å². The molecular formula is C42H68FN5O5. The molecule has 10 nitrogen and oxygen atoms in total. The second kappa shape index (κ2) is 14.0. The van der Waals surface area contributed by atoms with Gasteiger partial charge in [-0.05, 0) is 98.3 Å². The molecule has 1 saturated heterocycles. The summed E-state index contributed by atoms with van der Waals surface area (Å²) in [4.78, 5) is 31.4. The number of carboxylic acid groups (broad SMARTS) is 1. The molecule has 1 aromatic heterocycles. The number of aromatic nitrogens is 3. The van der Waals surface area contributed by atoms with Crippen molar-refractivity contribution in [1.29, 1.82) is 0 Å². The van der Waals surface area contributed by atoms with Gasteiger partial charge in [-0.3, -0.25) is 9.59 Å². The molecule has 2 bridgehead atoms. The molecule has 3 N–H and O–H groups in total. The Kier molecular flexibility index (Phi) is 10.6. The van der Waals surface area contributed by atoms with E-state index in [0.29, 0.717) is 44.5 Å². The Hall–Kier alpha value is -2.37. The lowest BCUT2D eigenvalue weighted by molar-refractivity contribution is -0.253. The summed E-state index contributed by atoms with van der Waals surface area (Å²) >= 11 is 0. The van der Waals surface area contributed by atoms with Crippen LogP contribution in [0.15, 0.2) is 18.0 Å². The minimum Gasteiger partial charge on any atom is -0.481 e. The first kappa shape index (κ1) is 40.3. The molecule has 12 atom stereocenters. The fourth-order valence-electron chi connectivity index (χ4n) is 12.8. The number of nitrogens with zero attached hydrogens (tertiary/aromatic N) is 3. The highest BCUT2D eigenvalue weighted by Gasteiger charge is 2.72. The summed E-state index contributed by atoms with van der Waals surface area (Å²) in [5, 5.41) is 22.0. The standard InChI is InChI=1S/C42H68FN5O5/c1-25(2)27(5)37(6)16-17-39(8)28-12-13-31-38(7)21-52-23-42(31,29(28)14-15-40(39,9)32(37)36(50)51)20-30(33(38)53-22-41(10,44-11)26(3)4)48-34(46-24-47-48)35(49)45-19-18-43/h14,24-28,30-33,44H,12-13,15-23H2,1-11H3,(H,45,49)(H,50,51)/t27-,28+,30-,31+,32-,33+,37-,38-,39-,40+,41+,42+/m1/s1. The van der Waals surface area contributed by atoms with Crippen molar-refractivity contribution in [3.63, 3.8) is 0 Å². The Bertz CT molecular complexity index is 1580. The highest BCUT2D eigenvalue weighted by atomic mass is 19.1. The fraction of sp³-hybridized carbons (Fsp3) is 0.857. The number of ether oxygens (including phenoxy) is 2. The number of alkyl halides is 1. The second-order valence-electron chi connectivity index (χ2n) is 19.6. The monoisotopic (exact) mass is 742 g/mol. The molecule has 4 aliphatic carbocycles. The number of rotatable bonds is 12. The van der Waals surface area contributed by atoms with Crippen LogP contribution in [0, 0.1) is 62.6 Å². The van der Waals surface area contributed by atoms with Crippen molar-refractivity contribution in [2.75, 3.05) is 40.1 Å². The zero-order valence-electron chi connectivity index (χ0n) is 34.4. The van der Waals surface area contributed by atoms with E-state index in [4.69, 9.17) is 14.6 Å². The van der Waals surface area contributed by atoms with Crippen molar-refractivity contribution in [2.45, 2.75) is 125 Å². The van der Waals surface area contributed by atoms with Crippen molar-refractivity contribution in [3.8, 4) is 0 Å². The summed E-state index contributed by atoms with van der Waals surface area (Å²) in [6.45, 7) is 23.3. The Morgan fingerprint density at radius 1 is 1.11 bits per heavy atom. The van der Waals surface area contributed by atoms with Crippen LogP contribution in [0.4, 0.5) is 4.39 Å². The number of carboxylic acids is 1. The van der Waals surface area contributed by atoms with E-state index >= 15 is 0 Å². The maximum atomic E-state index is 13.5. The summed E-state index contributed by atoms with van der Waals surface area (Å²) in [6, 6.07) is -0.337. The highest BCUT2D eigenvalue weighted by molar-refractivity contribution is 5.90. The summed E-state index contributed by atoms with van der Waals surface area (Å²) in [5.41, 5.74) is -0.597. The smallest absolute Gasteiger partial charge is 0.307 e. The van der Waals surface area contributed by atoms with Crippen LogP contribution in [-0.4, -0.2) is 83.5 Å². The lowest BCUT2D eigenvalue weighted by Gasteiger charge is -2.71. The first-order chi connectivity index (χ1) is 24.8. The number of allylic oxidation sites excluding steroid dienone is 1. The molecule has 3 saturated carbocycles. The Labute approximate surface area is 317 Å². The predicted molar refractivity (Wildman–Crippen MR) is 203 cm³/mol. The molecule has 0 radical (unpaired) electrons. The summed E-state index contributed by atoms with van der Waals surface area (Å²) in [5.74, 6) is 0.00617. The van der Waals surface area contributed by atoms with E-state index in [1.807, 2.05) is 7.05 Å². The Morgan fingerprint density at radius 3 is 2.45 bits per heavy atom.